The van der Waals surface area contributed by atoms with Crippen molar-refractivity contribution in [3.05, 3.63) is 94.1 Å². The third-order valence-corrected chi connectivity index (χ3v) is 9.20. The lowest BCUT2D eigenvalue weighted by Gasteiger charge is -2.53. The molecular formula is C29H25N5O6S2. The number of ether oxygens (including phenoxy) is 2. The van der Waals surface area contributed by atoms with Crippen LogP contribution < -0.4 is 15.8 Å². The summed E-state index contributed by atoms with van der Waals surface area (Å²) in [4.78, 5) is 50.5. The van der Waals surface area contributed by atoms with Gasteiger partial charge in [0.1, 0.15) is 42.3 Å². The average molecular weight is 604 g/mol. The van der Waals surface area contributed by atoms with E-state index in [0.717, 1.165) is 28.0 Å². The van der Waals surface area contributed by atoms with Crippen LogP contribution in [0.3, 0.4) is 0 Å². The standard InChI is InChI=1S/C29H25N5O6S2/c1-38-17-10-8-15(9-11-17)13-40-28(37)23-19-12-18(16-6-4-3-5-7-16)24(19)42-27-22(26(36)34(23)27)32-25(35)21(33-39-2)20-14-41-29(30)31-20/h3-12,14,22,24,27H,13H2,1-2H3,(H2,30,31)(H,32,35)/t22-,24-,27-/m1/s1. The van der Waals surface area contributed by atoms with Gasteiger partial charge in [-0.25, -0.2) is 9.78 Å². The number of thioether (sulfide) groups is 1. The highest BCUT2D eigenvalue weighted by Gasteiger charge is 2.58. The first kappa shape index (κ1) is 27.5. The van der Waals surface area contributed by atoms with Gasteiger partial charge >= 0.3 is 5.97 Å². The van der Waals surface area contributed by atoms with Crippen LogP contribution in [0.2, 0.25) is 0 Å². The molecule has 3 aromatic rings. The number of nitrogens with two attached hydrogens (primary N) is 1. The predicted octanol–water partition coefficient (Wildman–Crippen LogP) is 2.95. The Kier molecular flexibility index (Phi) is 7.43. The monoisotopic (exact) mass is 603 g/mol. The Bertz CT molecular complexity index is 1650. The maximum Gasteiger partial charge on any atom is 0.355 e. The molecular weight excluding hydrogens is 578 g/mol. The van der Waals surface area contributed by atoms with Crippen molar-refractivity contribution in [2.45, 2.75) is 23.3 Å². The number of hydrogen-bond donors (Lipinski definition) is 2. The van der Waals surface area contributed by atoms with Gasteiger partial charge in [0.2, 0.25) is 0 Å². The molecule has 1 aliphatic carbocycles. The lowest BCUT2D eigenvalue weighted by molar-refractivity contribution is -0.153. The molecule has 3 heterocycles. The highest BCUT2D eigenvalue weighted by molar-refractivity contribution is 8.01. The third kappa shape index (κ3) is 4.90. The zero-order valence-electron chi connectivity index (χ0n) is 22.5. The number of nitrogens with one attached hydrogen (secondary N) is 1. The minimum absolute atomic E-state index is 0.0210. The van der Waals surface area contributed by atoms with E-state index in [2.05, 4.69) is 15.5 Å². The third-order valence-electron chi connectivity index (χ3n) is 6.99. The first-order chi connectivity index (χ1) is 20.4. The number of anilines is 1. The molecule has 3 N–H and O–H groups in total. The summed E-state index contributed by atoms with van der Waals surface area (Å²) in [7, 11) is 2.88. The molecule has 2 aliphatic heterocycles. The lowest BCUT2D eigenvalue weighted by atomic mass is 9.84. The normalized spacial score (nSPS) is 20.9. The van der Waals surface area contributed by atoms with Gasteiger partial charge in [-0.05, 0) is 34.9 Å². The number of β-lactam (4-membered cyclic amide) rings is 1. The molecule has 6 rings (SSSR count). The number of allylic oxidation sites excluding steroid dienone is 1. The van der Waals surface area contributed by atoms with E-state index in [1.165, 1.54) is 23.8 Å². The summed E-state index contributed by atoms with van der Waals surface area (Å²) in [5.41, 5.74) is 9.57. The highest BCUT2D eigenvalue weighted by Crippen LogP contribution is 2.54. The van der Waals surface area contributed by atoms with Gasteiger partial charge in [-0.1, -0.05) is 47.6 Å². The number of aromatic nitrogens is 1. The number of esters is 1. The van der Waals surface area contributed by atoms with Crippen LogP contribution in [0.5, 0.6) is 5.75 Å². The first-order valence-electron chi connectivity index (χ1n) is 12.8. The van der Waals surface area contributed by atoms with Crippen LogP contribution >= 0.6 is 23.1 Å². The highest BCUT2D eigenvalue weighted by atomic mass is 32.2. The molecule has 42 heavy (non-hydrogen) atoms. The molecule has 1 fully saturated rings. The van der Waals surface area contributed by atoms with Gasteiger partial charge in [0.25, 0.3) is 11.8 Å². The fraction of sp³-hybridized carbons (Fsp3) is 0.207. The quantitative estimate of drug-likeness (QED) is 0.163. The zero-order chi connectivity index (χ0) is 29.4. The molecule has 214 valence electrons. The summed E-state index contributed by atoms with van der Waals surface area (Å²) in [6, 6.07) is 16.1. The van der Waals surface area contributed by atoms with Gasteiger partial charge in [0.15, 0.2) is 10.8 Å². The van der Waals surface area contributed by atoms with Crippen molar-refractivity contribution < 1.29 is 28.7 Å². The molecule has 2 amide bonds. The molecule has 11 nitrogen and oxygen atoms in total. The van der Waals surface area contributed by atoms with Gasteiger partial charge in [0, 0.05) is 11.0 Å². The van der Waals surface area contributed by atoms with E-state index in [1.807, 2.05) is 36.4 Å². The minimum atomic E-state index is -0.913. The Morgan fingerprint density at radius 1 is 1.12 bits per heavy atom. The van der Waals surface area contributed by atoms with Crippen molar-refractivity contribution >= 4 is 57.3 Å². The van der Waals surface area contributed by atoms with E-state index >= 15 is 0 Å². The van der Waals surface area contributed by atoms with Crippen LogP contribution in [-0.2, 0) is 30.6 Å². The summed E-state index contributed by atoms with van der Waals surface area (Å²) in [6.07, 6.45) is 1.92. The lowest BCUT2D eigenvalue weighted by Crippen LogP contribution is -2.72. The SMILES string of the molecule is CON=C(C(=O)N[C@@H]1C(=O)N2C(C(=O)OCc3ccc(OC)cc3)=C3C=C(c4ccccc4)[C@H]3S[C@H]12)c1csc(N)n1. The second kappa shape index (κ2) is 11.3. The fourth-order valence-corrected chi connectivity index (χ4v) is 7.08. The van der Waals surface area contributed by atoms with E-state index < -0.39 is 29.2 Å². The number of carbonyl (C=O) groups is 3. The Labute approximate surface area is 249 Å². The van der Waals surface area contributed by atoms with E-state index in [4.69, 9.17) is 20.0 Å². The molecule has 3 aliphatic rings. The Balaban J connectivity index is 1.26. The number of hydrogen-bond acceptors (Lipinski definition) is 11. The molecule has 0 unspecified atom stereocenters. The van der Waals surface area contributed by atoms with Crippen LogP contribution in [0, 0.1) is 0 Å². The van der Waals surface area contributed by atoms with Gasteiger partial charge < -0.3 is 25.4 Å². The molecule has 2 aromatic carbocycles. The molecule has 1 aromatic heterocycles. The molecule has 1 saturated heterocycles. The van der Waals surface area contributed by atoms with Crippen LogP contribution in [0.15, 0.2) is 82.5 Å². The predicted molar refractivity (Wildman–Crippen MR) is 158 cm³/mol. The van der Waals surface area contributed by atoms with Gasteiger partial charge in [0.05, 0.1) is 12.4 Å². The maximum atomic E-state index is 13.5. The number of oxime groups is 1. The molecule has 0 radical (unpaired) electrons. The van der Waals surface area contributed by atoms with Crippen LogP contribution in [-0.4, -0.2) is 64.3 Å². The Morgan fingerprint density at radius 2 is 1.88 bits per heavy atom. The van der Waals surface area contributed by atoms with Crippen molar-refractivity contribution in [3.8, 4) is 5.75 Å². The number of rotatable bonds is 9. The summed E-state index contributed by atoms with van der Waals surface area (Å²) in [6.45, 7) is 0.0210. The van der Waals surface area contributed by atoms with E-state index in [9.17, 15) is 14.4 Å². The summed E-state index contributed by atoms with van der Waals surface area (Å²) >= 11 is 2.64. The molecule has 3 atom stereocenters. The number of fused-ring (bicyclic) bond motifs is 2. The van der Waals surface area contributed by atoms with Crippen LogP contribution in [0.1, 0.15) is 16.8 Å². The number of amides is 2. The second-order valence-corrected chi connectivity index (χ2v) is 11.6. The summed E-state index contributed by atoms with van der Waals surface area (Å²) in [5.74, 6) is -1.00. The Morgan fingerprint density at radius 3 is 2.55 bits per heavy atom. The number of nitrogen functional groups attached to an aromatic ring is 1. The van der Waals surface area contributed by atoms with E-state index in [1.54, 1.807) is 36.8 Å². The summed E-state index contributed by atoms with van der Waals surface area (Å²) < 4.78 is 10.9. The van der Waals surface area contributed by atoms with Crippen molar-refractivity contribution in [1.82, 2.24) is 15.2 Å². The second-order valence-electron chi connectivity index (χ2n) is 9.45. The first-order valence-corrected chi connectivity index (χ1v) is 14.6. The molecule has 0 spiro atoms. The van der Waals surface area contributed by atoms with Gasteiger partial charge in [-0.2, -0.15) is 0 Å². The smallest absolute Gasteiger partial charge is 0.355 e. The number of carbonyl (C=O) groups excluding carboxylic acids is 3. The molecule has 0 bridgehead atoms. The van der Waals surface area contributed by atoms with Crippen molar-refractivity contribution in [3.63, 3.8) is 0 Å². The van der Waals surface area contributed by atoms with Gasteiger partial charge in [-0.3, -0.25) is 14.5 Å². The van der Waals surface area contributed by atoms with E-state index in [-0.39, 0.29) is 34.1 Å². The van der Waals surface area contributed by atoms with Crippen LogP contribution in [0.25, 0.3) is 5.57 Å². The number of methoxy groups -OCH3 is 1. The number of nitrogens with zero attached hydrogens (tertiary/aromatic N) is 3. The molecule has 13 heteroatoms. The van der Waals surface area contributed by atoms with Crippen LogP contribution in [0.4, 0.5) is 5.13 Å². The van der Waals surface area contributed by atoms with Crippen molar-refractivity contribution in [1.29, 1.82) is 0 Å². The Hall–Kier alpha value is -4.62. The summed E-state index contributed by atoms with van der Waals surface area (Å²) in [5, 5.41) is 7.67. The largest absolute Gasteiger partial charge is 0.497 e. The fourth-order valence-electron chi connectivity index (χ4n) is 4.90. The number of thiazole rings is 1. The number of benzene rings is 2. The average Bonchev–Trinajstić information content (AvgIpc) is 3.43. The van der Waals surface area contributed by atoms with Crippen molar-refractivity contribution in [2.75, 3.05) is 20.0 Å². The van der Waals surface area contributed by atoms with Gasteiger partial charge in [-0.15, -0.1) is 23.1 Å². The van der Waals surface area contributed by atoms with E-state index in [0.29, 0.717) is 11.3 Å². The van der Waals surface area contributed by atoms with Crippen molar-refractivity contribution in [2.24, 2.45) is 5.16 Å². The molecule has 0 saturated carbocycles. The maximum absolute atomic E-state index is 13.5. The topological polar surface area (TPSA) is 145 Å². The minimum Gasteiger partial charge on any atom is -0.497 e. The zero-order valence-corrected chi connectivity index (χ0v) is 24.1.